The molecule has 0 aliphatic rings. The van der Waals surface area contributed by atoms with Gasteiger partial charge in [0.05, 0.1) is 12.4 Å². The van der Waals surface area contributed by atoms with Gasteiger partial charge in [-0.05, 0) is 24.1 Å². The molecule has 6 heteroatoms. The standard InChI is InChI=1S/C14H23NO3S2/c1-12-10-13(11-15-6-7-18-2)4-5-14(12)19-8-9-20(3,16)17/h4-5,10,15H,6-9,11H2,1-3H3. The predicted octanol–water partition coefficient (Wildman–Crippen LogP) is 1.87. The van der Waals surface area contributed by atoms with E-state index in [0.29, 0.717) is 12.4 Å². The average Bonchev–Trinajstić information content (AvgIpc) is 2.36. The summed E-state index contributed by atoms with van der Waals surface area (Å²) in [6, 6.07) is 6.29. The molecule has 0 aliphatic carbocycles. The molecular weight excluding hydrogens is 294 g/mol. The van der Waals surface area contributed by atoms with Crippen LogP contribution < -0.4 is 5.32 Å². The van der Waals surface area contributed by atoms with Crippen LogP contribution in [0.3, 0.4) is 0 Å². The molecule has 0 saturated heterocycles. The van der Waals surface area contributed by atoms with Crippen LogP contribution in [0.1, 0.15) is 11.1 Å². The van der Waals surface area contributed by atoms with Crippen molar-refractivity contribution in [3.05, 3.63) is 29.3 Å². The second kappa shape index (κ2) is 8.67. The number of sulfone groups is 1. The van der Waals surface area contributed by atoms with Gasteiger partial charge in [-0.25, -0.2) is 8.42 Å². The summed E-state index contributed by atoms with van der Waals surface area (Å²) in [5.41, 5.74) is 2.42. The minimum Gasteiger partial charge on any atom is -0.383 e. The van der Waals surface area contributed by atoms with Crippen LogP contribution in [0.4, 0.5) is 0 Å². The first kappa shape index (κ1) is 17.5. The maximum absolute atomic E-state index is 11.1. The monoisotopic (exact) mass is 317 g/mol. The van der Waals surface area contributed by atoms with Crippen molar-refractivity contribution in [3.8, 4) is 0 Å². The van der Waals surface area contributed by atoms with Crippen molar-refractivity contribution in [1.29, 1.82) is 0 Å². The number of rotatable bonds is 9. The van der Waals surface area contributed by atoms with Crippen molar-refractivity contribution in [2.75, 3.05) is 38.0 Å². The number of methoxy groups -OCH3 is 1. The van der Waals surface area contributed by atoms with Crippen LogP contribution in [0.15, 0.2) is 23.1 Å². The van der Waals surface area contributed by atoms with E-state index in [2.05, 4.69) is 30.4 Å². The van der Waals surface area contributed by atoms with Crippen LogP contribution in [0, 0.1) is 6.92 Å². The number of nitrogens with one attached hydrogen (secondary N) is 1. The molecule has 0 saturated carbocycles. The summed E-state index contributed by atoms with van der Waals surface area (Å²) in [4.78, 5) is 1.15. The van der Waals surface area contributed by atoms with Crippen molar-refractivity contribution in [2.24, 2.45) is 0 Å². The van der Waals surface area contributed by atoms with Gasteiger partial charge >= 0.3 is 0 Å². The van der Waals surface area contributed by atoms with Crippen LogP contribution >= 0.6 is 11.8 Å². The molecule has 0 heterocycles. The van der Waals surface area contributed by atoms with E-state index in [1.807, 2.05) is 0 Å². The highest BCUT2D eigenvalue weighted by Crippen LogP contribution is 2.23. The Hall–Kier alpha value is -0.560. The summed E-state index contributed by atoms with van der Waals surface area (Å²) in [7, 11) is -1.19. The van der Waals surface area contributed by atoms with Gasteiger partial charge in [0.15, 0.2) is 0 Å². The Morgan fingerprint density at radius 2 is 2.10 bits per heavy atom. The molecule has 0 bridgehead atoms. The molecule has 0 spiro atoms. The van der Waals surface area contributed by atoms with E-state index in [0.717, 1.165) is 18.0 Å². The first-order valence-electron chi connectivity index (χ1n) is 6.52. The van der Waals surface area contributed by atoms with Gasteiger partial charge in [0, 0.05) is 37.1 Å². The van der Waals surface area contributed by atoms with Gasteiger partial charge in [-0.2, -0.15) is 0 Å². The molecule has 0 radical (unpaired) electrons. The van der Waals surface area contributed by atoms with E-state index in [1.54, 1.807) is 18.9 Å². The number of hydrogen-bond donors (Lipinski definition) is 1. The summed E-state index contributed by atoms with van der Waals surface area (Å²) in [6.07, 6.45) is 1.27. The zero-order chi connectivity index (χ0) is 15.0. The summed E-state index contributed by atoms with van der Waals surface area (Å²) < 4.78 is 27.2. The van der Waals surface area contributed by atoms with Crippen molar-refractivity contribution in [2.45, 2.75) is 18.4 Å². The van der Waals surface area contributed by atoms with Crippen LogP contribution in [-0.2, 0) is 21.1 Å². The van der Waals surface area contributed by atoms with Crippen molar-refractivity contribution >= 4 is 21.6 Å². The lowest BCUT2D eigenvalue weighted by molar-refractivity contribution is 0.199. The lowest BCUT2D eigenvalue weighted by atomic mass is 10.1. The number of aryl methyl sites for hydroxylation is 1. The van der Waals surface area contributed by atoms with E-state index in [9.17, 15) is 8.42 Å². The van der Waals surface area contributed by atoms with E-state index >= 15 is 0 Å². The fourth-order valence-corrected chi connectivity index (χ4v) is 3.91. The second-order valence-corrected chi connectivity index (χ2v) is 8.14. The molecule has 0 aromatic heterocycles. The van der Waals surface area contributed by atoms with Crippen molar-refractivity contribution in [1.82, 2.24) is 5.32 Å². The zero-order valence-electron chi connectivity index (χ0n) is 12.3. The maximum Gasteiger partial charge on any atom is 0.148 e. The largest absolute Gasteiger partial charge is 0.383 e. The Balaban J connectivity index is 2.46. The first-order valence-corrected chi connectivity index (χ1v) is 9.56. The van der Waals surface area contributed by atoms with Gasteiger partial charge < -0.3 is 10.1 Å². The Bertz CT molecular complexity index is 515. The Morgan fingerprint density at radius 1 is 1.35 bits per heavy atom. The first-order chi connectivity index (χ1) is 9.42. The molecule has 1 rings (SSSR count). The van der Waals surface area contributed by atoms with E-state index in [-0.39, 0.29) is 5.75 Å². The van der Waals surface area contributed by atoms with Gasteiger partial charge in [0.1, 0.15) is 9.84 Å². The van der Waals surface area contributed by atoms with Crippen LogP contribution in [0.5, 0.6) is 0 Å². The quantitative estimate of drug-likeness (QED) is 0.556. The van der Waals surface area contributed by atoms with Gasteiger partial charge in [0.25, 0.3) is 0 Å². The molecule has 0 aliphatic heterocycles. The zero-order valence-corrected chi connectivity index (χ0v) is 13.9. The Labute approximate surface area is 126 Å². The normalized spacial score (nSPS) is 11.8. The van der Waals surface area contributed by atoms with Gasteiger partial charge in [-0.3, -0.25) is 0 Å². The number of ether oxygens (including phenoxy) is 1. The van der Waals surface area contributed by atoms with Gasteiger partial charge in [-0.15, -0.1) is 11.8 Å². The molecule has 4 nitrogen and oxygen atoms in total. The summed E-state index contributed by atoms with van der Waals surface area (Å²) in [6.45, 7) is 4.42. The number of thioether (sulfide) groups is 1. The fraction of sp³-hybridized carbons (Fsp3) is 0.571. The number of hydrogen-bond acceptors (Lipinski definition) is 5. The molecule has 0 amide bonds. The van der Waals surface area contributed by atoms with Crippen LogP contribution in [0.25, 0.3) is 0 Å². The van der Waals surface area contributed by atoms with Crippen molar-refractivity contribution < 1.29 is 13.2 Å². The minimum absolute atomic E-state index is 0.220. The van der Waals surface area contributed by atoms with Crippen molar-refractivity contribution in [3.63, 3.8) is 0 Å². The lowest BCUT2D eigenvalue weighted by Gasteiger charge is -2.09. The molecule has 0 fully saturated rings. The maximum atomic E-state index is 11.1. The van der Waals surface area contributed by atoms with Crippen LogP contribution in [0.2, 0.25) is 0 Å². The molecule has 1 aromatic carbocycles. The van der Waals surface area contributed by atoms with Crippen LogP contribution in [-0.4, -0.2) is 46.4 Å². The smallest absolute Gasteiger partial charge is 0.148 e. The fourth-order valence-electron chi connectivity index (χ4n) is 1.69. The topological polar surface area (TPSA) is 55.4 Å². The third-order valence-electron chi connectivity index (χ3n) is 2.76. The van der Waals surface area contributed by atoms with E-state index < -0.39 is 9.84 Å². The minimum atomic E-state index is -2.88. The SMILES string of the molecule is COCCNCc1ccc(SCCS(C)(=O)=O)c(C)c1. The summed E-state index contributed by atoms with van der Waals surface area (Å²) in [5, 5.41) is 3.30. The van der Waals surface area contributed by atoms with E-state index in [4.69, 9.17) is 4.74 Å². The molecule has 1 aromatic rings. The summed E-state index contributed by atoms with van der Waals surface area (Å²) in [5.74, 6) is 0.822. The third-order valence-corrected chi connectivity index (χ3v) is 5.14. The van der Waals surface area contributed by atoms with E-state index in [1.165, 1.54) is 17.4 Å². The molecule has 114 valence electrons. The highest BCUT2D eigenvalue weighted by molar-refractivity contribution is 8.00. The highest BCUT2D eigenvalue weighted by atomic mass is 32.2. The Morgan fingerprint density at radius 3 is 2.70 bits per heavy atom. The molecule has 0 unspecified atom stereocenters. The predicted molar refractivity (Wildman–Crippen MR) is 85.2 cm³/mol. The third kappa shape index (κ3) is 7.28. The molecular formula is C14H23NO3S2. The Kier molecular flexibility index (Phi) is 7.58. The lowest BCUT2D eigenvalue weighted by Crippen LogP contribution is -2.18. The summed E-state index contributed by atoms with van der Waals surface area (Å²) >= 11 is 1.60. The molecule has 0 atom stereocenters. The highest BCUT2D eigenvalue weighted by Gasteiger charge is 2.05. The second-order valence-electron chi connectivity index (χ2n) is 4.75. The van der Waals surface area contributed by atoms with Gasteiger partial charge in [-0.1, -0.05) is 12.1 Å². The number of benzene rings is 1. The molecule has 20 heavy (non-hydrogen) atoms. The molecule has 1 N–H and O–H groups in total. The van der Waals surface area contributed by atoms with Gasteiger partial charge in [0.2, 0.25) is 0 Å². The average molecular weight is 317 g/mol.